The van der Waals surface area contributed by atoms with Gasteiger partial charge < -0.3 is 14.8 Å². The lowest BCUT2D eigenvalue weighted by Crippen LogP contribution is -2.17. The average molecular weight is 340 g/mol. The Hall–Kier alpha value is -1.53. The molecule has 1 unspecified atom stereocenters. The number of hydrogen-bond donors (Lipinski definition) is 2. The van der Waals surface area contributed by atoms with E-state index in [2.05, 4.69) is 38.4 Å². The molecule has 2 N–H and O–H groups in total. The Kier molecular flexibility index (Phi) is 5.03. The van der Waals surface area contributed by atoms with E-state index in [9.17, 15) is 0 Å². The van der Waals surface area contributed by atoms with E-state index in [-0.39, 0.29) is 6.04 Å². The number of benzene rings is 1. The average Bonchev–Trinajstić information content (AvgIpc) is 2.98. The topological polar surface area (TPSA) is 59.2 Å². The fourth-order valence-electron chi connectivity index (χ4n) is 1.96. The van der Waals surface area contributed by atoms with Crippen LogP contribution >= 0.6 is 15.9 Å². The van der Waals surface area contributed by atoms with Crippen molar-refractivity contribution in [2.45, 2.75) is 19.5 Å². The summed E-state index contributed by atoms with van der Waals surface area (Å²) in [5.41, 5.74) is 2.24. The second-order valence-corrected chi connectivity index (χ2v) is 5.30. The molecule has 0 aliphatic carbocycles. The lowest BCUT2D eigenvalue weighted by Gasteiger charge is -2.15. The van der Waals surface area contributed by atoms with Gasteiger partial charge in [0.05, 0.1) is 24.9 Å². The maximum absolute atomic E-state index is 5.34. The number of rotatable bonds is 6. The van der Waals surface area contributed by atoms with Crippen LogP contribution < -0.4 is 14.8 Å². The van der Waals surface area contributed by atoms with Crippen molar-refractivity contribution in [3.63, 3.8) is 0 Å². The third-order valence-corrected chi connectivity index (χ3v) is 3.71. The van der Waals surface area contributed by atoms with Crippen LogP contribution in [-0.4, -0.2) is 24.4 Å². The SMILES string of the molecule is COc1cc(CNC(C)c2cn[nH]c2)cc(Br)c1OC. The third-order valence-electron chi connectivity index (χ3n) is 3.13. The number of hydrogen-bond acceptors (Lipinski definition) is 4. The van der Waals surface area contributed by atoms with Crippen LogP contribution in [0.4, 0.5) is 0 Å². The highest BCUT2D eigenvalue weighted by Crippen LogP contribution is 2.36. The van der Waals surface area contributed by atoms with Gasteiger partial charge in [-0.05, 0) is 40.5 Å². The van der Waals surface area contributed by atoms with Crippen molar-refractivity contribution in [1.82, 2.24) is 15.5 Å². The maximum atomic E-state index is 5.34. The van der Waals surface area contributed by atoms with Gasteiger partial charge >= 0.3 is 0 Å². The zero-order valence-electron chi connectivity index (χ0n) is 11.7. The second kappa shape index (κ2) is 6.76. The second-order valence-electron chi connectivity index (χ2n) is 4.45. The van der Waals surface area contributed by atoms with E-state index in [4.69, 9.17) is 9.47 Å². The number of ether oxygens (including phenoxy) is 2. The van der Waals surface area contributed by atoms with Crippen LogP contribution in [0.15, 0.2) is 29.0 Å². The molecule has 2 aromatic rings. The Morgan fingerprint density at radius 2 is 2.15 bits per heavy atom. The number of nitrogens with zero attached hydrogens (tertiary/aromatic N) is 1. The molecule has 0 saturated carbocycles. The Morgan fingerprint density at radius 1 is 1.35 bits per heavy atom. The lowest BCUT2D eigenvalue weighted by molar-refractivity contribution is 0.352. The fraction of sp³-hybridized carbons (Fsp3) is 0.357. The molecule has 0 spiro atoms. The van der Waals surface area contributed by atoms with Gasteiger partial charge in [0.25, 0.3) is 0 Å². The molecule has 0 aliphatic heterocycles. The van der Waals surface area contributed by atoms with Crippen LogP contribution in [0.25, 0.3) is 0 Å². The van der Waals surface area contributed by atoms with E-state index >= 15 is 0 Å². The summed E-state index contributed by atoms with van der Waals surface area (Å²) in [5, 5.41) is 10.2. The van der Waals surface area contributed by atoms with Crippen molar-refractivity contribution in [3.05, 3.63) is 40.1 Å². The number of H-pyrrole nitrogens is 1. The van der Waals surface area contributed by atoms with Gasteiger partial charge in [0.2, 0.25) is 0 Å². The van der Waals surface area contributed by atoms with Gasteiger partial charge in [-0.15, -0.1) is 0 Å². The predicted molar refractivity (Wildman–Crippen MR) is 81.1 cm³/mol. The molecular formula is C14H18BrN3O2. The van der Waals surface area contributed by atoms with Gasteiger partial charge in [-0.25, -0.2) is 0 Å². The summed E-state index contributed by atoms with van der Waals surface area (Å²) in [4.78, 5) is 0. The van der Waals surface area contributed by atoms with E-state index in [0.717, 1.165) is 27.9 Å². The van der Waals surface area contributed by atoms with Gasteiger partial charge in [-0.3, -0.25) is 5.10 Å². The predicted octanol–water partition coefficient (Wildman–Crippen LogP) is 3.04. The molecule has 0 fully saturated rings. The normalized spacial score (nSPS) is 12.2. The lowest BCUT2D eigenvalue weighted by atomic mass is 10.1. The van der Waals surface area contributed by atoms with Crippen molar-refractivity contribution in [3.8, 4) is 11.5 Å². The van der Waals surface area contributed by atoms with Crippen LogP contribution in [-0.2, 0) is 6.54 Å². The van der Waals surface area contributed by atoms with E-state index in [1.807, 2.05) is 24.5 Å². The first kappa shape index (κ1) is 14.9. The molecule has 20 heavy (non-hydrogen) atoms. The molecule has 0 bridgehead atoms. The summed E-state index contributed by atoms with van der Waals surface area (Å²) >= 11 is 3.50. The molecule has 0 amide bonds. The molecule has 108 valence electrons. The van der Waals surface area contributed by atoms with E-state index < -0.39 is 0 Å². The van der Waals surface area contributed by atoms with Gasteiger partial charge in [0, 0.05) is 24.3 Å². The van der Waals surface area contributed by atoms with Crippen LogP contribution in [0.1, 0.15) is 24.1 Å². The van der Waals surface area contributed by atoms with E-state index in [1.54, 1.807) is 14.2 Å². The molecule has 1 atom stereocenters. The molecule has 2 rings (SSSR count). The highest BCUT2D eigenvalue weighted by molar-refractivity contribution is 9.10. The summed E-state index contributed by atoms with van der Waals surface area (Å²) in [6, 6.07) is 4.22. The number of nitrogens with one attached hydrogen (secondary N) is 2. The molecule has 1 aromatic carbocycles. The van der Waals surface area contributed by atoms with Crippen LogP contribution in [0, 0.1) is 0 Å². The van der Waals surface area contributed by atoms with E-state index in [1.165, 1.54) is 0 Å². The molecular weight excluding hydrogens is 322 g/mol. The Bertz CT molecular complexity index is 558. The number of halogens is 1. The van der Waals surface area contributed by atoms with E-state index in [0.29, 0.717) is 5.75 Å². The summed E-state index contributed by atoms with van der Waals surface area (Å²) in [6.07, 6.45) is 3.71. The smallest absolute Gasteiger partial charge is 0.174 e. The largest absolute Gasteiger partial charge is 0.493 e. The maximum Gasteiger partial charge on any atom is 0.174 e. The van der Waals surface area contributed by atoms with Crippen LogP contribution in [0.5, 0.6) is 11.5 Å². The Morgan fingerprint density at radius 3 is 2.75 bits per heavy atom. The minimum absolute atomic E-state index is 0.223. The molecule has 1 heterocycles. The first-order valence-electron chi connectivity index (χ1n) is 6.28. The van der Waals surface area contributed by atoms with Gasteiger partial charge in [0.1, 0.15) is 0 Å². The summed E-state index contributed by atoms with van der Waals surface area (Å²) in [7, 11) is 3.26. The molecule has 1 aromatic heterocycles. The van der Waals surface area contributed by atoms with Crippen molar-refractivity contribution in [1.29, 1.82) is 0 Å². The summed E-state index contributed by atoms with van der Waals surface area (Å²) in [6.45, 7) is 2.83. The van der Waals surface area contributed by atoms with Crippen molar-refractivity contribution >= 4 is 15.9 Å². The van der Waals surface area contributed by atoms with Crippen molar-refractivity contribution < 1.29 is 9.47 Å². The van der Waals surface area contributed by atoms with Crippen LogP contribution in [0.2, 0.25) is 0 Å². The molecule has 0 saturated heterocycles. The first-order valence-corrected chi connectivity index (χ1v) is 7.07. The summed E-state index contributed by atoms with van der Waals surface area (Å²) < 4.78 is 11.5. The molecule has 0 radical (unpaired) electrons. The van der Waals surface area contributed by atoms with Gasteiger partial charge in [-0.1, -0.05) is 0 Å². The number of methoxy groups -OCH3 is 2. The first-order chi connectivity index (χ1) is 9.65. The minimum Gasteiger partial charge on any atom is -0.493 e. The molecule has 5 nitrogen and oxygen atoms in total. The number of aromatic nitrogens is 2. The third kappa shape index (κ3) is 3.32. The quantitative estimate of drug-likeness (QED) is 0.849. The minimum atomic E-state index is 0.223. The number of aromatic amines is 1. The monoisotopic (exact) mass is 339 g/mol. The van der Waals surface area contributed by atoms with Crippen molar-refractivity contribution in [2.24, 2.45) is 0 Å². The fourth-order valence-corrected chi connectivity index (χ4v) is 2.61. The summed E-state index contributed by atoms with van der Waals surface area (Å²) in [5.74, 6) is 1.42. The standard InChI is InChI=1S/C14H18BrN3O2/c1-9(11-7-17-18-8-11)16-6-10-4-12(15)14(20-3)13(5-10)19-2/h4-5,7-9,16H,6H2,1-3H3,(H,17,18). The molecule has 6 heteroatoms. The van der Waals surface area contributed by atoms with Crippen LogP contribution in [0.3, 0.4) is 0 Å². The zero-order valence-corrected chi connectivity index (χ0v) is 13.3. The van der Waals surface area contributed by atoms with Crippen molar-refractivity contribution in [2.75, 3.05) is 14.2 Å². The Balaban J connectivity index is 2.08. The highest BCUT2D eigenvalue weighted by Gasteiger charge is 2.11. The van der Waals surface area contributed by atoms with Gasteiger partial charge in [-0.2, -0.15) is 5.10 Å². The highest BCUT2D eigenvalue weighted by atomic mass is 79.9. The molecule has 0 aliphatic rings. The Labute approximate surface area is 126 Å². The van der Waals surface area contributed by atoms with Gasteiger partial charge in [0.15, 0.2) is 11.5 Å². The zero-order chi connectivity index (χ0) is 14.5.